The molecule has 0 aromatic heterocycles. The first-order valence-corrected chi connectivity index (χ1v) is 6.49. The molecule has 0 spiro atoms. The van der Waals surface area contributed by atoms with Crippen LogP contribution in [-0.4, -0.2) is 14.2 Å². The molecule has 1 aromatic rings. The van der Waals surface area contributed by atoms with Gasteiger partial charge in [-0.15, -0.1) is 0 Å². The van der Waals surface area contributed by atoms with Crippen molar-refractivity contribution < 1.29 is 13.6 Å². The second-order valence-corrected chi connectivity index (χ2v) is 6.53. The molecule has 0 aliphatic rings. The molecule has 16 heavy (non-hydrogen) atoms. The third-order valence-corrected chi connectivity index (χ3v) is 5.04. The average Bonchev–Trinajstić information content (AvgIpc) is 2.28. The van der Waals surface area contributed by atoms with Crippen LogP contribution in [0.25, 0.3) is 0 Å². The maximum atomic E-state index is 12.3. The first-order valence-electron chi connectivity index (χ1n) is 4.95. The quantitative estimate of drug-likeness (QED) is 0.826. The topological polar surface area (TPSA) is 61.5 Å². The highest BCUT2D eigenvalue weighted by Crippen LogP contribution is 2.60. The molecular formula is C11H18NO3P. The third kappa shape index (κ3) is 2.20. The highest BCUT2D eigenvalue weighted by atomic mass is 31.2. The van der Waals surface area contributed by atoms with Crippen LogP contribution in [-0.2, 0) is 18.9 Å². The van der Waals surface area contributed by atoms with Crippen LogP contribution in [0, 0.1) is 6.92 Å². The zero-order valence-corrected chi connectivity index (χ0v) is 11.0. The first kappa shape index (κ1) is 13.4. The minimum absolute atomic E-state index is 0.727. The molecule has 0 unspecified atom stereocenters. The van der Waals surface area contributed by atoms with Crippen molar-refractivity contribution in [3.8, 4) is 0 Å². The smallest absolute Gasteiger partial charge is 0.312 e. The monoisotopic (exact) mass is 243 g/mol. The van der Waals surface area contributed by atoms with E-state index in [1.54, 1.807) is 6.92 Å². The minimum Gasteiger partial charge on any atom is -0.312 e. The summed E-state index contributed by atoms with van der Waals surface area (Å²) in [6, 6.07) is 7.49. The van der Waals surface area contributed by atoms with Gasteiger partial charge in [-0.3, -0.25) is 4.57 Å². The number of aryl methyl sites for hydroxylation is 1. The van der Waals surface area contributed by atoms with Crippen LogP contribution >= 0.6 is 7.60 Å². The Morgan fingerprint density at radius 2 is 1.62 bits per heavy atom. The summed E-state index contributed by atoms with van der Waals surface area (Å²) in [5, 5.41) is -1.15. The van der Waals surface area contributed by atoms with Crippen LogP contribution in [0.4, 0.5) is 0 Å². The molecule has 1 atom stereocenters. The van der Waals surface area contributed by atoms with Gasteiger partial charge in [0.05, 0.1) is 0 Å². The summed E-state index contributed by atoms with van der Waals surface area (Å²) >= 11 is 0. The Balaban J connectivity index is 3.19. The van der Waals surface area contributed by atoms with Crippen LogP contribution in [0.15, 0.2) is 24.3 Å². The molecule has 90 valence electrons. The van der Waals surface area contributed by atoms with Crippen LogP contribution in [0.2, 0.25) is 0 Å². The van der Waals surface area contributed by atoms with Crippen molar-refractivity contribution in [2.24, 2.45) is 5.73 Å². The molecule has 4 nitrogen and oxygen atoms in total. The highest BCUT2D eigenvalue weighted by molar-refractivity contribution is 7.55. The van der Waals surface area contributed by atoms with Gasteiger partial charge in [0, 0.05) is 14.2 Å². The second-order valence-electron chi connectivity index (χ2n) is 3.88. The molecular weight excluding hydrogens is 225 g/mol. The van der Waals surface area contributed by atoms with E-state index in [9.17, 15) is 4.57 Å². The molecule has 0 radical (unpaired) electrons. The molecule has 5 heteroatoms. The highest BCUT2D eigenvalue weighted by Gasteiger charge is 2.44. The van der Waals surface area contributed by atoms with Crippen LogP contribution < -0.4 is 5.73 Å². The maximum absolute atomic E-state index is 12.3. The number of hydrogen-bond acceptors (Lipinski definition) is 4. The van der Waals surface area contributed by atoms with Crippen molar-refractivity contribution in [3.05, 3.63) is 35.4 Å². The lowest BCUT2D eigenvalue weighted by atomic mass is 10.1. The zero-order valence-electron chi connectivity index (χ0n) is 10.1. The average molecular weight is 243 g/mol. The van der Waals surface area contributed by atoms with Crippen molar-refractivity contribution in [2.45, 2.75) is 19.1 Å². The van der Waals surface area contributed by atoms with E-state index in [1.165, 1.54) is 14.2 Å². The molecule has 0 bridgehead atoms. The standard InChI is InChI=1S/C11H18NO3P/c1-9-5-7-10(8-6-9)11(2,12)16(13,14-3)15-4/h5-8H,12H2,1-4H3/t11-/m1/s1. The Bertz CT molecular complexity index is 392. The lowest BCUT2D eigenvalue weighted by molar-refractivity contribution is 0.249. The van der Waals surface area contributed by atoms with E-state index in [-0.39, 0.29) is 0 Å². The lowest BCUT2D eigenvalue weighted by Crippen LogP contribution is -2.34. The van der Waals surface area contributed by atoms with E-state index in [1.807, 2.05) is 31.2 Å². The SMILES string of the molecule is COP(=O)(OC)[C@@](C)(N)c1ccc(C)cc1. The Kier molecular flexibility index (Phi) is 3.92. The van der Waals surface area contributed by atoms with Crippen molar-refractivity contribution in [3.63, 3.8) is 0 Å². The van der Waals surface area contributed by atoms with Gasteiger partial charge in [-0.25, -0.2) is 0 Å². The van der Waals surface area contributed by atoms with Gasteiger partial charge in [0.15, 0.2) is 0 Å². The van der Waals surface area contributed by atoms with Crippen LogP contribution in [0.5, 0.6) is 0 Å². The lowest BCUT2D eigenvalue weighted by Gasteiger charge is -2.31. The summed E-state index contributed by atoms with van der Waals surface area (Å²) in [7, 11) is -0.670. The normalized spacial score (nSPS) is 15.8. The van der Waals surface area contributed by atoms with Crippen LogP contribution in [0.1, 0.15) is 18.1 Å². The van der Waals surface area contributed by atoms with E-state index in [0.29, 0.717) is 0 Å². The van der Waals surface area contributed by atoms with Gasteiger partial charge in [0.25, 0.3) is 0 Å². The van der Waals surface area contributed by atoms with E-state index >= 15 is 0 Å². The summed E-state index contributed by atoms with van der Waals surface area (Å²) in [4.78, 5) is 0. The van der Waals surface area contributed by atoms with Gasteiger partial charge in [-0.2, -0.15) is 0 Å². The van der Waals surface area contributed by atoms with Gasteiger partial charge in [0.1, 0.15) is 5.28 Å². The molecule has 0 aliphatic carbocycles. The molecule has 0 amide bonds. The summed E-state index contributed by atoms with van der Waals surface area (Å²) < 4.78 is 22.2. The predicted molar refractivity (Wildman–Crippen MR) is 64.3 cm³/mol. The fourth-order valence-electron chi connectivity index (χ4n) is 1.50. The predicted octanol–water partition coefficient (Wildman–Crippen LogP) is 2.61. The van der Waals surface area contributed by atoms with Gasteiger partial charge in [-0.1, -0.05) is 29.8 Å². The van der Waals surface area contributed by atoms with Gasteiger partial charge < -0.3 is 14.8 Å². The molecule has 0 aliphatic heterocycles. The summed E-state index contributed by atoms with van der Waals surface area (Å²) in [6.07, 6.45) is 0. The Labute approximate surface area is 96.3 Å². The number of rotatable bonds is 4. The number of hydrogen-bond donors (Lipinski definition) is 1. The van der Waals surface area contributed by atoms with Crippen molar-refractivity contribution >= 4 is 7.60 Å². The summed E-state index contributed by atoms with van der Waals surface area (Å²) in [6.45, 7) is 3.62. The molecule has 1 aromatic carbocycles. The van der Waals surface area contributed by atoms with Crippen molar-refractivity contribution in [2.75, 3.05) is 14.2 Å². The Morgan fingerprint density at radius 3 is 2.00 bits per heavy atom. The second kappa shape index (κ2) is 4.68. The minimum atomic E-state index is -3.34. The maximum Gasteiger partial charge on any atom is 0.354 e. The van der Waals surface area contributed by atoms with Gasteiger partial charge in [-0.05, 0) is 19.4 Å². The first-order chi connectivity index (χ1) is 7.37. The fraction of sp³-hybridized carbons (Fsp3) is 0.455. The van der Waals surface area contributed by atoms with Crippen molar-refractivity contribution in [1.29, 1.82) is 0 Å². The van der Waals surface area contributed by atoms with Crippen LogP contribution in [0.3, 0.4) is 0 Å². The largest absolute Gasteiger partial charge is 0.354 e. The van der Waals surface area contributed by atoms with E-state index in [4.69, 9.17) is 14.8 Å². The van der Waals surface area contributed by atoms with Gasteiger partial charge >= 0.3 is 7.60 Å². The molecule has 0 fully saturated rings. The number of nitrogens with two attached hydrogens (primary N) is 1. The van der Waals surface area contributed by atoms with E-state index < -0.39 is 12.9 Å². The van der Waals surface area contributed by atoms with Crippen molar-refractivity contribution in [1.82, 2.24) is 0 Å². The summed E-state index contributed by atoms with van der Waals surface area (Å²) in [5.74, 6) is 0. The zero-order chi connectivity index (χ0) is 12.4. The fourth-order valence-corrected chi connectivity index (χ4v) is 2.88. The Hall–Kier alpha value is -0.670. The number of benzene rings is 1. The van der Waals surface area contributed by atoms with E-state index in [0.717, 1.165) is 11.1 Å². The van der Waals surface area contributed by atoms with Gasteiger partial charge in [0.2, 0.25) is 0 Å². The third-order valence-electron chi connectivity index (χ3n) is 2.69. The molecule has 0 heterocycles. The Morgan fingerprint density at radius 1 is 1.19 bits per heavy atom. The molecule has 1 rings (SSSR count). The van der Waals surface area contributed by atoms with E-state index in [2.05, 4.69) is 0 Å². The summed E-state index contributed by atoms with van der Waals surface area (Å²) in [5.41, 5.74) is 7.92. The molecule has 0 saturated carbocycles. The molecule has 0 saturated heterocycles. The molecule has 2 N–H and O–H groups in total.